The molecular formula is C12H12N4O2. The second-order valence-electron chi connectivity index (χ2n) is 4.37. The van der Waals surface area contributed by atoms with Crippen molar-refractivity contribution in [1.29, 1.82) is 0 Å². The van der Waals surface area contributed by atoms with Gasteiger partial charge in [0.05, 0.1) is 17.6 Å². The predicted octanol–water partition coefficient (Wildman–Crippen LogP) is 0.637. The minimum absolute atomic E-state index is 0.0702. The molecule has 1 saturated heterocycles. The van der Waals surface area contributed by atoms with Crippen molar-refractivity contribution in [3.63, 3.8) is 0 Å². The molecule has 0 aliphatic carbocycles. The summed E-state index contributed by atoms with van der Waals surface area (Å²) in [5, 5.41) is 13.2. The molecule has 1 aliphatic heterocycles. The number of amides is 2. The minimum atomic E-state index is -0.282. The lowest BCUT2D eigenvalue weighted by molar-refractivity contribution is -0.123. The van der Waals surface area contributed by atoms with Gasteiger partial charge < -0.3 is 10.6 Å². The van der Waals surface area contributed by atoms with E-state index in [1.807, 2.05) is 18.2 Å². The van der Waals surface area contributed by atoms with E-state index in [4.69, 9.17) is 0 Å². The second-order valence-corrected chi connectivity index (χ2v) is 4.37. The van der Waals surface area contributed by atoms with Gasteiger partial charge in [0, 0.05) is 24.0 Å². The molecule has 1 aromatic heterocycles. The molecule has 3 rings (SSSR count). The molecule has 1 atom stereocenters. The van der Waals surface area contributed by atoms with Crippen LogP contribution in [-0.2, 0) is 9.59 Å². The van der Waals surface area contributed by atoms with Crippen LogP contribution in [0.3, 0.4) is 0 Å². The number of hydrogen-bond donors (Lipinski definition) is 3. The highest BCUT2D eigenvalue weighted by atomic mass is 16.2. The molecule has 1 aromatic carbocycles. The van der Waals surface area contributed by atoms with E-state index in [-0.39, 0.29) is 24.2 Å². The largest absolute Gasteiger partial charge is 0.355 e. The van der Waals surface area contributed by atoms with Crippen LogP contribution in [0.25, 0.3) is 10.9 Å². The number of nitrogens with one attached hydrogen (secondary N) is 3. The smallest absolute Gasteiger partial charge is 0.229 e. The summed E-state index contributed by atoms with van der Waals surface area (Å²) in [5.74, 6) is -0.485. The zero-order valence-electron chi connectivity index (χ0n) is 9.56. The van der Waals surface area contributed by atoms with Gasteiger partial charge >= 0.3 is 0 Å². The molecule has 2 amide bonds. The fourth-order valence-electron chi connectivity index (χ4n) is 2.05. The van der Waals surface area contributed by atoms with Crippen molar-refractivity contribution >= 4 is 28.4 Å². The van der Waals surface area contributed by atoms with Gasteiger partial charge in [-0.05, 0) is 18.2 Å². The molecule has 0 bridgehead atoms. The number of H-pyrrole nitrogens is 1. The van der Waals surface area contributed by atoms with Gasteiger partial charge in [0.1, 0.15) is 0 Å². The maximum absolute atomic E-state index is 11.9. The summed E-state index contributed by atoms with van der Waals surface area (Å²) in [7, 11) is 0. The summed E-state index contributed by atoms with van der Waals surface area (Å²) in [5.41, 5.74) is 1.57. The van der Waals surface area contributed by atoms with Crippen molar-refractivity contribution < 1.29 is 9.59 Å². The number of hydrogen-bond acceptors (Lipinski definition) is 3. The molecule has 0 saturated carbocycles. The fraction of sp³-hybridized carbons (Fsp3) is 0.250. The summed E-state index contributed by atoms with van der Waals surface area (Å²) < 4.78 is 0. The van der Waals surface area contributed by atoms with E-state index in [0.717, 1.165) is 10.9 Å². The van der Waals surface area contributed by atoms with E-state index >= 15 is 0 Å². The first-order valence-corrected chi connectivity index (χ1v) is 5.73. The summed E-state index contributed by atoms with van der Waals surface area (Å²) in [6.45, 7) is 0.414. The number of carbonyl (C=O) groups excluding carboxylic acids is 2. The normalized spacial score (nSPS) is 18.9. The topological polar surface area (TPSA) is 86.9 Å². The van der Waals surface area contributed by atoms with Crippen LogP contribution in [0.2, 0.25) is 0 Å². The maximum Gasteiger partial charge on any atom is 0.229 e. The average Bonchev–Trinajstić information content (AvgIpc) is 2.96. The Hall–Kier alpha value is -2.37. The van der Waals surface area contributed by atoms with Crippen LogP contribution in [0.4, 0.5) is 5.69 Å². The monoisotopic (exact) mass is 244 g/mol. The fourth-order valence-corrected chi connectivity index (χ4v) is 2.05. The Labute approximate surface area is 103 Å². The molecule has 6 heteroatoms. The van der Waals surface area contributed by atoms with Gasteiger partial charge in [-0.15, -0.1) is 0 Å². The average molecular weight is 244 g/mol. The zero-order valence-corrected chi connectivity index (χ0v) is 9.56. The summed E-state index contributed by atoms with van der Waals surface area (Å²) in [4.78, 5) is 23.0. The number of carbonyl (C=O) groups is 2. The van der Waals surface area contributed by atoms with Crippen LogP contribution in [0.5, 0.6) is 0 Å². The molecule has 1 unspecified atom stereocenters. The number of fused-ring (bicyclic) bond motifs is 1. The number of rotatable bonds is 2. The van der Waals surface area contributed by atoms with Gasteiger partial charge in [-0.25, -0.2) is 0 Å². The Morgan fingerprint density at radius 1 is 1.44 bits per heavy atom. The number of benzene rings is 1. The quantitative estimate of drug-likeness (QED) is 0.724. The molecule has 1 aliphatic rings. The lowest BCUT2D eigenvalue weighted by Gasteiger charge is -2.08. The van der Waals surface area contributed by atoms with Crippen LogP contribution in [0, 0.1) is 5.92 Å². The lowest BCUT2D eigenvalue weighted by Crippen LogP contribution is -2.24. The molecule has 0 radical (unpaired) electrons. The van der Waals surface area contributed by atoms with Crippen molar-refractivity contribution in [3.8, 4) is 0 Å². The van der Waals surface area contributed by atoms with Gasteiger partial charge in [-0.3, -0.25) is 14.7 Å². The lowest BCUT2D eigenvalue weighted by atomic mass is 10.1. The van der Waals surface area contributed by atoms with Crippen molar-refractivity contribution in [1.82, 2.24) is 15.5 Å². The molecule has 6 nitrogen and oxygen atoms in total. The van der Waals surface area contributed by atoms with Gasteiger partial charge in [0.15, 0.2) is 0 Å². The third-order valence-electron chi connectivity index (χ3n) is 3.06. The number of aromatic nitrogens is 2. The Morgan fingerprint density at radius 2 is 2.33 bits per heavy atom. The SMILES string of the molecule is O=C1CC(C(=O)Nc2ccc3cn[nH]c3c2)CN1. The van der Waals surface area contributed by atoms with E-state index < -0.39 is 0 Å². The van der Waals surface area contributed by atoms with E-state index in [2.05, 4.69) is 20.8 Å². The molecule has 2 aromatic rings. The molecule has 92 valence electrons. The number of aromatic amines is 1. The second kappa shape index (κ2) is 4.14. The Bertz CT molecular complexity index is 619. The third-order valence-corrected chi connectivity index (χ3v) is 3.06. The van der Waals surface area contributed by atoms with Crippen LogP contribution in [-0.4, -0.2) is 28.6 Å². The van der Waals surface area contributed by atoms with E-state index in [0.29, 0.717) is 12.2 Å². The highest BCUT2D eigenvalue weighted by Gasteiger charge is 2.27. The first-order chi connectivity index (χ1) is 8.72. The maximum atomic E-state index is 11.9. The van der Waals surface area contributed by atoms with Crippen molar-refractivity contribution in [2.75, 3.05) is 11.9 Å². The molecular weight excluding hydrogens is 232 g/mol. The summed E-state index contributed by atoms with van der Waals surface area (Å²) in [6.07, 6.45) is 1.98. The highest BCUT2D eigenvalue weighted by molar-refractivity contribution is 5.98. The van der Waals surface area contributed by atoms with Crippen molar-refractivity contribution in [2.45, 2.75) is 6.42 Å². The number of nitrogens with zero attached hydrogens (tertiary/aromatic N) is 1. The van der Waals surface area contributed by atoms with E-state index in [1.54, 1.807) is 6.20 Å². The van der Waals surface area contributed by atoms with Gasteiger partial charge in [-0.2, -0.15) is 5.10 Å². The molecule has 1 fully saturated rings. The standard InChI is InChI=1S/C12H12N4O2/c17-11-3-8(5-13-11)12(18)15-9-2-1-7-6-14-16-10(7)4-9/h1-2,4,6,8H,3,5H2,(H,13,17)(H,14,16)(H,15,18). The van der Waals surface area contributed by atoms with Crippen LogP contribution < -0.4 is 10.6 Å². The van der Waals surface area contributed by atoms with Crippen molar-refractivity contribution in [3.05, 3.63) is 24.4 Å². The van der Waals surface area contributed by atoms with Crippen molar-refractivity contribution in [2.24, 2.45) is 5.92 Å². The summed E-state index contributed by atoms with van der Waals surface area (Å²) in [6, 6.07) is 5.52. The first-order valence-electron chi connectivity index (χ1n) is 5.73. The summed E-state index contributed by atoms with van der Waals surface area (Å²) >= 11 is 0. The van der Waals surface area contributed by atoms with E-state index in [1.165, 1.54) is 0 Å². The Kier molecular flexibility index (Phi) is 2.47. The van der Waals surface area contributed by atoms with Gasteiger partial charge in [0.2, 0.25) is 11.8 Å². The van der Waals surface area contributed by atoms with E-state index in [9.17, 15) is 9.59 Å². The molecule has 0 spiro atoms. The third kappa shape index (κ3) is 1.92. The number of anilines is 1. The highest BCUT2D eigenvalue weighted by Crippen LogP contribution is 2.18. The predicted molar refractivity (Wildman–Crippen MR) is 65.8 cm³/mol. The molecule has 3 N–H and O–H groups in total. The Balaban J connectivity index is 1.75. The minimum Gasteiger partial charge on any atom is -0.355 e. The van der Waals surface area contributed by atoms with Crippen LogP contribution in [0.1, 0.15) is 6.42 Å². The molecule has 2 heterocycles. The molecule has 18 heavy (non-hydrogen) atoms. The first kappa shape index (κ1) is 10.8. The Morgan fingerprint density at radius 3 is 3.11 bits per heavy atom. The van der Waals surface area contributed by atoms with Crippen LogP contribution in [0.15, 0.2) is 24.4 Å². The van der Waals surface area contributed by atoms with Gasteiger partial charge in [-0.1, -0.05) is 0 Å². The van der Waals surface area contributed by atoms with Gasteiger partial charge in [0.25, 0.3) is 0 Å². The van der Waals surface area contributed by atoms with Crippen LogP contribution >= 0.6 is 0 Å². The zero-order chi connectivity index (χ0) is 12.5.